The summed E-state index contributed by atoms with van der Waals surface area (Å²) in [6.45, 7) is 2.20. The first-order valence-corrected chi connectivity index (χ1v) is 12.1. The van der Waals surface area contributed by atoms with E-state index in [0.717, 1.165) is 18.5 Å². The fraction of sp³-hybridized carbons (Fsp3) is 0.125. The summed E-state index contributed by atoms with van der Waals surface area (Å²) in [5, 5.41) is 3.59. The summed E-state index contributed by atoms with van der Waals surface area (Å²) in [5.74, 6) is 0.425. The second kappa shape index (κ2) is 8.72. The molecule has 6 rings (SSSR count). The Morgan fingerprint density at radius 2 is 1.35 bits per heavy atom. The molecule has 0 bridgehead atoms. The van der Waals surface area contributed by atoms with Gasteiger partial charge in [0.25, 0.3) is 0 Å². The molecule has 4 aromatic carbocycles. The third-order valence-corrected chi connectivity index (χ3v) is 6.99. The lowest BCUT2D eigenvalue weighted by Gasteiger charge is -2.26. The molecule has 1 aliphatic carbocycles. The van der Waals surface area contributed by atoms with E-state index >= 15 is 0 Å². The number of rotatable bonds is 5. The van der Waals surface area contributed by atoms with E-state index in [0.29, 0.717) is 5.92 Å². The second-order valence-electron chi connectivity index (χ2n) is 9.02. The number of para-hydroxylation sites is 2. The van der Waals surface area contributed by atoms with Crippen LogP contribution in [0.25, 0.3) is 5.57 Å². The van der Waals surface area contributed by atoms with Crippen LogP contribution in [0.3, 0.4) is 0 Å². The predicted molar refractivity (Wildman–Crippen MR) is 144 cm³/mol. The highest BCUT2D eigenvalue weighted by atomic mass is 15.1. The average Bonchev–Trinajstić information content (AvgIpc) is 3.28. The van der Waals surface area contributed by atoms with E-state index in [2.05, 4.69) is 132 Å². The number of anilines is 4. The van der Waals surface area contributed by atoms with E-state index in [1.807, 2.05) is 0 Å². The van der Waals surface area contributed by atoms with Crippen molar-refractivity contribution in [2.45, 2.75) is 25.7 Å². The molecular weight excluding hydrogens is 412 g/mol. The first-order chi connectivity index (χ1) is 16.8. The molecule has 0 aromatic heterocycles. The minimum Gasteiger partial charge on any atom is -0.358 e. The number of fused-ring (bicyclic) bond motifs is 3. The third kappa shape index (κ3) is 3.72. The van der Waals surface area contributed by atoms with Crippen LogP contribution in [-0.2, 0) is 6.42 Å². The maximum atomic E-state index is 3.59. The van der Waals surface area contributed by atoms with Crippen molar-refractivity contribution >= 4 is 28.3 Å². The van der Waals surface area contributed by atoms with E-state index in [9.17, 15) is 0 Å². The fourth-order valence-corrected chi connectivity index (χ4v) is 5.12. The predicted octanol–water partition coefficient (Wildman–Crippen LogP) is 8.60. The molecule has 0 spiro atoms. The molecule has 1 N–H and O–H groups in total. The van der Waals surface area contributed by atoms with Gasteiger partial charge in [0, 0.05) is 34.4 Å². The minimum absolute atomic E-state index is 0.425. The van der Waals surface area contributed by atoms with Gasteiger partial charge < -0.3 is 10.2 Å². The molecule has 0 saturated carbocycles. The monoisotopic (exact) mass is 440 g/mol. The van der Waals surface area contributed by atoms with Gasteiger partial charge in [0.2, 0.25) is 0 Å². The molecule has 1 unspecified atom stereocenters. The summed E-state index contributed by atoms with van der Waals surface area (Å²) in [6.07, 6.45) is 6.60. The largest absolute Gasteiger partial charge is 0.358 e. The SMILES string of the molecule is CCc1ccc(N(c2ccccc2)c2ccc(C3=CC=C4Nc5ccccc5C4C3)cc2)cc1. The van der Waals surface area contributed by atoms with Crippen LogP contribution in [-0.4, -0.2) is 0 Å². The van der Waals surface area contributed by atoms with E-state index < -0.39 is 0 Å². The zero-order chi connectivity index (χ0) is 22.9. The molecule has 0 amide bonds. The molecule has 2 nitrogen and oxygen atoms in total. The normalized spacial score (nSPS) is 16.1. The highest BCUT2D eigenvalue weighted by Crippen LogP contribution is 2.46. The first kappa shape index (κ1) is 20.6. The minimum atomic E-state index is 0.425. The van der Waals surface area contributed by atoms with Crippen LogP contribution in [0, 0.1) is 0 Å². The van der Waals surface area contributed by atoms with Crippen molar-refractivity contribution in [3.8, 4) is 0 Å². The summed E-state index contributed by atoms with van der Waals surface area (Å²) in [6, 6.07) is 37.2. The van der Waals surface area contributed by atoms with Crippen molar-refractivity contribution < 1.29 is 0 Å². The molecule has 1 aliphatic heterocycles. The summed E-state index contributed by atoms with van der Waals surface area (Å²) in [5.41, 5.74) is 11.5. The van der Waals surface area contributed by atoms with Crippen molar-refractivity contribution in [1.29, 1.82) is 0 Å². The van der Waals surface area contributed by atoms with Gasteiger partial charge in [0.15, 0.2) is 0 Å². The number of nitrogens with one attached hydrogen (secondary N) is 1. The van der Waals surface area contributed by atoms with Gasteiger partial charge in [-0.3, -0.25) is 0 Å². The zero-order valence-corrected chi connectivity index (χ0v) is 19.4. The standard InChI is InChI=1S/C32H28N2/c1-2-23-12-17-27(18-13-23)34(26-8-4-3-5-9-26)28-19-14-24(15-20-28)25-16-21-32-30(22-25)29-10-6-7-11-31(29)33-32/h3-21,30,33H,2,22H2,1H3. The van der Waals surface area contributed by atoms with Crippen molar-refractivity contribution in [3.63, 3.8) is 0 Å². The van der Waals surface area contributed by atoms with Crippen LogP contribution < -0.4 is 10.2 Å². The number of hydrogen-bond acceptors (Lipinski definition) is 2. The Hall–Kier alpha value is -4.04. The lowest BCUT2D eigenvalue weighted by molar-refractivity contribution is 0.849. The summed E-state index contributed by atoms with van der Waals surface area (Å²) in [4.78, 5) is 2.33. The highest BCUT2D eigenvalue weighted by Gasteiger charge is 2.29. The van der Waals surface area contributed by atoms with Crippen LogP contribution >= 0.6 is 0 Å². The summed E-state index contributed by atoms with van der Waals surface area (Å²) < 4.78 is 0. The molecule has 0 radical (unpaired) electrons. The molecule has 0 fully saturated rings. The Morgan fingerprint density at radius 1 is 0.706 bits per heavy atom. The number of allylic oxidation sites excluding steroid dienone is 4. The molecule has 166 valence electrons. The molecule has 0 saturated heterocycles. The Labute approximate surface area is 201 Å². The van der Waals surface area contributed by atoms with Gasteiger partial charge in [0.1, 0.15) is 0 Å². The molecule has 1 heterocycles. The van der Waals surface area contributed by atoms with Gasteiger partial charge in [0.05, 0.1) is 0 Å². The van der Waals surface area contributed by atoms with E-state index in [1.165, 1.54) is 45.0 Å². The molecule has 4 aromatic rings. The van der Waals surface area contributed by atoms with Gasteiger partial charge in [-0.25, -0.2) is 0 Å². The van der Waals surface area contributed by atoms with Gasteiger partial charge in [-0.15, -0.1) is 0 Å². The maximum absolute atomic E-state index is 3.59. The lowest BCUT2D eigenvalue weighted by Crippen LogP contribution is -2.10. The van der Waals surface area contributed by atoms with Gasteiger partial charge >= 0.3 is 0 Å². The van der Waals surface area contributed by atoms with Crippen molar-refractivity contribution in [3.05, 3.63) is 138 Å². The second-order valence-corrected chi connectivity index (χ2v) is 9.02. The van der Waals surface area contributed by atoms with Crippen molar-refractivity contribution in [2.24, 2.45) is 0 Å². The molecular formula is C32H28N2. The third-order valence-electron chi connectivity index (χ3n) is 6.99. The number of nitrogens with zero attached hydrogens (tertiary/aromatic N) is 1. The Bertz CT molecular complexity index is 1360. The molecule has 2 heteroatoms. The van der Waals surface area contributed by atoms with Crippen LogP contribution in [0.1, 0.15) is 36.0 Å². The van der Waals surface area contributed by atoms with Gasteiger partial charge in [-0.1, -0.05) is 73.7 Å². The van der Waals surface area contributed by atoms with Crippen LogP contribution in [0.15, 0.2) is 121 Å². The molecule has 1 atom stereocenters. The highest BCUT2D eigenvalue weighted by molar-refractivity contribution is 5.80. The number of benzene rings is 4. The van der Waals surface area contributed by atoms with Gasteiger partial charge in [-0.05, 0) is 83.6 Å². The fourth-order valence-electron chi connectivity index (χ4n) is 5.12. The Morgan fingerprint density at radius 3 is 2.09 bits per heavy atom. The maximum Gasteiger partial charge on any atom is 0.0462 e. The van der Waals surface area contributed by atoms with E-state index in [1.54, 1.807) is 0 Å². The van der Waals surface area contributed by atoms with Crippen LogP contribution in [0.4, 0.5) is 22.7 Å². The van der Waals surface area contributed by atoms with Crippen molar-refractivity contribution in [1.82, 2.24) is 0 Å². The Kier molecular flexibility index (Phi) is 5.27. The summed E-state index contributed by atoms with van der Waals surface area (Å²) in [7, 11) is 0. The van der Waals surface area contributed by atoms with Crippen LogP contribution in [0.5, 0.6) is 0 Å². The lowest BCUT2D eigenvalue weighted by atomic mass is 9.85. The van der Waals surface area contributed by atoms with Crippen molar-refractivity contribution in [2.75, 3.05) is 10.2 Å². The average molecular weight is 441 g/mol. The quantitative estimate of drug-likeness (QED) is 0.334. The zero-order valence-electron chi connectivity index (χ0n) is 19.4. The molecule has 2 aliphatic rings. The van der Waals surface area contributed by atoms with Gasteiger partial charge in [-0.2, -0.15) is 0 Å². The van der Waals surface area contributed by atoms with E-state index in [4.69, 9.17) is 0 Å². The van der Waals surface area contributed by atoms with E-state index in [-0.39, 0.29) is 0 Å². The number of hydrogen-bond donors (Lipinski definition) is 1. The smallest absolute Gasteiger partial charge is 0.0462 e. The van der Waals surface area contributed by atoms with Crippen LogP contribution in [0.2, 0.25) is 0 Å². The molecule has 34 heavy (non-hydrogen) atoms. The summed E-state index contributed by atoms with van der Waals surface area (Å²) >= 11 is 0. The topological polar surface area (TPSA) is 15.3 Å². The first-order valence-electron chi connectivity index (χ1n) is 12.1. The number of aryl methyl sites for hydroxylation is 1. The Balaban J connectivity index is 1.31.